The monoisotopic (exact) mass is 218 g/mol. The van der Waals surface area contributed by atoms with Crippen LogP contribution in [0.4, 0.5) is 0 Å². The number of hydrogen-bond donors (Lipinski definition) is 0. The molecule has 0 fully saturated rings. The predicted octanol–water partition coefficient (Wildman–Crippen LogP) is 4.24. The number of rotatable bonds is 8. The number of methoxy groups -OCH3 is 1. The van der Waals surface area contributed by atoms with Crippen molar-refractivity contribution in [3.05, 3.63) is 0 Å². The van der Waals surface area contributed by atoms with Gasteiger partial charge in [-0.15, -0.1) is 0 Å². The lowest BCUT2D eigenvalue weighted by molar-refractivity contribution is -0.113. The third kappa shape index (κ3) is 11.8. The third-order valence-corrected chi connectivity index (χ3v) is 2.48. The van der Waals surface area contributed by atoms with E-state index in [-0.39, 0.29) is 6.29 Å². The molecule has 2 nitrogen and oxygen atoms in total. The van der Waals surface area contributed by atoms with E-state index in [1.165, 1.54) is 19.3 Å². The van der Waals surface area contributed by atoms with Gasteiger partial charge in [-0.2, -0.15) is 0 Å². The van der Waals surface area contributed by atoms with Crippen molar-refractivity contribution >= 4 is 0 Å². The molecule has 0 aliphatic heterocycles. The molecule has 0 saturated heterocycles. The van der Waals surface area contributed by atoms with Crippen molar-refractivity contribution in [3.8, 4) is 0 Å². The molecule has 0 aromatic rings. The molecular weight excluding hydrogens is 188 g/mol. The van der Waals surface area contributed by atoms with Crippen LogP contribution in [0.1, 0.15) is 60.3 Å². The first-order valence-electron chi connectivity index (χ1n) is 6.38. The Bertz CT molecular complexity index is 105. The lowest BCUT2D eigenvalue weighted by Crippen LogP contribution is -2.13. The van der Waals surface area contributed by atoms with E-state index in [9.17, 15) is 0 Å². The van der Waals surface area contributed by atoms with Crippen molar-refractivity contribution in [1.82, 2.24) is 0 Å². The molecule has 0 aliphatic rings. The van der Waals surface area contributed by atoms with Crippen LogP contribution in [0.25, 0.3) is 0 Å². The van der Waals surface area contributed by atoms with Crippen molar-refractivity contribution in [1.29, 1.82) is 0 Å². The summed E-state index contributed by atoms with van der Waals surface area (Å²) in [6, 6.07) is 0. The lowest BCUT2D eigenvalue weighted by Gasteiger charge is -2.15. The van der Waals surface area contributed by atoms with E-state index in [0.29, 0.717) is 0 Å². The molecule has 2 heteroatoms. The van der Waals surface area contributed by atoms with Gasteiger partial charge < -0.3 is 9.47 Å². The summed E-state index contributed by atoms with van der Waals surface area (Å²) in [7, 11) is 1.67. The summed E-state index contributed by atoms with van der Waals surface area (Å²) in [5.41, 5.74) is 0. The Kier molecular flexibility index (Phi) is 16.1. The molecule has 0 amide bonds. The van der Waals surface area contributed by atoms with Crippen LogP contribution in [-0.2, 0) is 9.47 Å². The second-order valence-corrected chi connectivity index (χ2v) is 3.53. The van der Waals surface area contributed by atoms with Gasteiger partial charge in [-0.3, -0.25) is 0 Å². The van der Waals surface area contributed by atoms with Crippen molar-refractivity contribution in [2.24, 2.45) is 5.92 Å². The molecule has 0 aromatic carbocycles. The van der Waals surface area contributed by atoms with E-state index in [0.717, 1.165) is 18.9 Å². The van der Waals surface area contributed by atoms with Crippen LogP contribution in [0.3, 0.4) is 0 Å². The Hall–Kier alpha value is -0.0800. The van der Waals surface area contributed by atoms with E-state index in [4.69, 9.17) is 9.47 Å². The second-order valence-electron chi connectivity index (χ2n) is 3.53. The normalized spacial score (nSPS) is 14.0. The molecule has 15 heavy (non-hydrogen) atoms. The molecular formula is C13H30O2. The van der Waals surface area contributed by atoms with Gasteiger partial charge in [-0.1, -0.05) is 47.0 Å². The first-order valence-corrected chi connectivity index (χ1v) is 6.38. The minimum Gasteiger partial charge on any atom is -0.356 e. The highest BCUT2D eigenvalue weighted by Gasteiger charge is 2.06. The highest BCUT2D eigenvalue weighted by molar-refractivity contribution is 4.55. The van der Waals surface area contributed by atoms with E-state index in [2.05, 4.69) is 13.8 Å². The minimum atomic E-state index is -0.0564. The third-order valence-electron chi connectivity index (χ3n) is 2.48. The van der Waals surface area contributed by atoms with Gasteiger partial charge in [-0.05, 0) is 19.3 Å². The Labute approximate surface area is 96.4 Å². The molecule has 0 N–H and O–H groups in total. The summed E-state index contributed by atoms with van der Waals surface area (Å²) in [6.45, 7) is 11.2. The number of ether oxygens (including phenoxy) is 2. The maximum atomic E-state index is 5.45. The fourth-order valence-corrected chi connectivity index (χ4v) is 1.43. The Morgan fingerprint density at radius 1 is 1.07 bits per heavy atom. The molecule has 2 atom stereocenters. The van der Waals surface area contributed by atoms with Gasteiger partial charge in [0.2, 0.25) is 0 Å². The first-order chi connectivity index (χ1) is 7.24. The molecule has 0 radical (unpaired) electrons. The van der Waals surface area contributed by atoms with Crippen LogP contribution in [0.2, 0.25) is 0 Å². The summed E-state index contributed by atoms with van der Waals surface area (Å²) >= 11 is 0. The molecule has 2 unspecified atom stereocenters. The summed E-state index contributed by atoms with van der Waals surface area (Å²) in [5, 5.41) is 0. The van der Waals surface area contributed by atoms with Crippen molar-refractivity contribution in [2.75, 3.05) is 13.7 Å². The zero-order valence-electron chi connectivity index (χ0n) is 11.5. The molecule has 0 heterocycles. The van der Waals surface area contributed by atoms with Gasteiger partial charge >= 0.3 is 0 Å². The summed E-state index contributed by atoms with van der Waals surface area (Å²) in [4.78, 5) is 0. The maximum Gasteiger partial charge on any atom is 0.154 e. The fraction of sp³-hybridized carbons (Fsp3) is 1.00. The zero-order chi connectivity index (χ0) is 12.1. The van der Waals surface area contributed by atoms with E-state index >= 15 is 0 Å². The van der Waals surface area contributed by atoms with Crippen LogP contribution >= 0.6 is 0 Å². The van der Waals surface area contributed by atoms with Gasteiger partial charge in [0.15, 0.2) is 6.29 Å². The maximum absolute atomic E-state index is 5.45. The van der Waals surface area contributed by atoms with Gasteiger partial charge in [0.05, 0.1) is 0 Å². The average molecular weight is 218 g/mol. The van der Waals surface area contributed by atoms with Crippen LogP contribution < -0.4 is 0 Å². The molecule has 0 spiro atoms. The minimum absolute atomic E-state index is 0.0564. The highest BCUT2D eigenvalue weighted by atomic mass is 16.7. The van der Waals surface area contributed by atoms with Gasteiger partial charge in [0.1, 0.15) is 0 Å². The summed E-state index contributed by atoms with van der Waals surface area (Å²) < 4.78 is 10.5. The lowest BCUT2D eigenvalue weighted by atomic mass is 9.98. The highest BCUT2D eigenvalue weighted by Crippen LogP contribution is 2.15. The van der Waals surface area contributed by atoms with E-state index < -0.39 is 0 Å². The van der Waals surface area contributed by atoms with Crippen LogP contribution in [0, 0.1) is 5.92 Å². The van der Waals surface area contributed by atoms with E-state index in [1.807, 2.05) is 20.8 Å². The predicted molar refractivity (Wildman–Crippen MR) is 67.1 cm³/mol. The summed E-state index contributed by atoms with van der Waals surface area (Å²) in [6.07, 6.45) is 4.97. The smallest absolute Gasteiger partial charge is 0.154 e. The Balaban J connectivity index is 0. The molecule has 94 valence electrons. The van der Waals surface area contributed by atoms with Crippen molar-refractivity contribution in [2.45, 2.75) is 66.6 Å². The van der Waals surface area contributed by atoms with Crippen molar-refractivity contribution < 1.29 is 9.47 Å². The van der Waals surface area contributed by atoms with Crippen molar-refractivity contribution in [3.63, 3.8) is 0 Å². The van der Waals surface area contributed by atoms with Crippen LogP contribution in [0.5, 0.6) is 0 Å². The van der Waals surface area contributed by atoms with Crippen LogP contribution in [0.15, 0.2) is 0 Å². The van der Waals surface area contributed by atoms with Crippen LogP contribution in [-0.4, -0.2) is 20.0 Å². The van der Waals surface area contributed by atoms with E-state index in [1.54, 1.807) is 7.11 Å². The number of hydrogen-bond acceptors (Lipinski definition) is 2. The Morgan fingerprint density at radius 2 is 1.67 bits per heavy atom. The molecule has 0 aliphatic carbocycles. The molecule has 0 rings (SSSR count). The van der Waals surface area contributed by atoms with Gasteiger partial charge in [0.25, 0.3) is 0 Å². The largest absolute Gasteiger partial charge is 0.356 e. The summed E-state index contributed by atoms with van der Waals surface area (Å²) in [5.74, 6) is 0.828. The second kappa shape index (κ2) is 13.9. The van der Waals surface area contributed by atoms with Gasteiger partial charge in [-0.25, -0.2) is 0 Å². The first kappa shape index (κ1) is 17.3. The topological polar surface area (TPSA) is 18.5 Å². The SMILES string of the molecule is CC.CCCC(CC)CCOC(C)OC. The zero-order valence-corrected chi connectivity index (χ0v) is 11.5. The quantitative estimate of drug-likeness (QED) is 0.567. The molecule has 0 aromatic heterocycles. The Morgan fingerprint density at radius 3 is 2.07 bits per heavy atom. The average Bonchev–Trinajstić information content (AvgIpc) is 2.30. The fourth-order valence-electron chi connectivity index (χ4n) is 1.43. The molecule has 0 saturated carbocycles. The molecule has 0 bridgehead atoms. The standard InChI is InChI=1S/C11H24O2.C2H6/c1-5-7-11(6-2)8-9-13-10(3)12-4;1-2/h10-11H,5-9H2,1-4H3;1-2H3. The van der Waals surface area contributed by atoms with Gasteiger partial charge in [0, 0.05) is 13.7 Å².